The van der Waals surface area contributed by atoms with E-state index < -0.39 is 0 Å². The van der Waals surface area contributed by atoms with Crippen LogP contribution in [0, 0.1) is 24.6 Å². The van der Waals surface area contributed by atoms with Gasteiger partial charge in [0.2, 0.25) is 0 Å². The minimum atomic E-state index is -0.256. The standard InChI is InChI=1S/C13H9Cl2F.C11H18N2.C6H12O/c1-8-12(14)6-10(7-13(8)15)9-2-4-11(16)5-3-9;1-3-8(2)9-4-5-11-10(6-9)7-12-13-11;1-3-4-5-6(2)7/h2-7H,1H3;7-9H,3-6H2,1-2H3,(H,12,13);3-5H2,1-2H3. The van der Waals surface area contributed by atoms with Crippen molar-refractivity contribution < 1.29 is 9.18 Å². The van der Waals surface area contributed by atoms with Crippen molar-refractivity contribution in [1.29, 1.82) is 0 Å². The lowest BCUT2D eigenvalue weighted by Crippen LogP contribution is -2.19. The summed E-state index contributed by atoms with van der Waals surface area (Å²) >= 11 is 12.1. The van der Waals surface area contributed by atoms with E-state index in [4.69, 9.17) is 23.2 Å². The van der Waals surface area contributed by atoms with Crippen molar-refractivity contribution >= 4 is 29.0 Å². The molecular weight excluding hydrogens is 494 g/mol. The van der Waals surface area contributed by atoms with Crippen LogP contribution in [0.3, 0.4) is 0 Å². The molecule has 3 nitrogen and oxygen atoms in total. The first kappa shape index (κ1) is 30.1. The van der Waals surface area contributed by atoms with Gasteiger partial charge in [0.25, 0.3) is 0 Å². The van der Waals surface area contributed by atoms with Crippen molar-refractivity contribution in [2.45, 2.75) is 79.6 Å². The molecule has 2 aromatic carbocycles. The van der Waals surface area contributed by atoms with E-state index in [9.17, 15) is 9.18 Å². The molecule has 3 aromatic rings. The van der Waals surface area contributed by atoms with Gasteiger partial charge in [-0.15, -0.1) is 0 Å². The fraction of sp³-hybridized carbons (Fsp3) is 0.467. The smallest absolute Gasteiger partial charge is 0.129 e. The number of Topliss-reactive ketones (excluding diaryl/α,β-unsaturated/α-hetero) is 1. The van der Waals surface area contributed by atoms with Crippen molar-refractivity contribution in [2.75, 3.05) is 0 Å². The molecule has 4 rings (SSSR count). The highest BCUT2D eigenvalue weighted by Crippen LogP contribution is 2.31. The molecule has 0 saturated carbocycles. The van der Waals surface area contributed by atoms with Gasteiger partial charge in [0, 0.05) is 22.2 Å². The summed E-state index contributed by atoms with van der Waals surface area (Å²) in [5.74, 6) is 1.80. The normalized spacial score (nSPS) is 15.1. The Morgan fingerprint density at radius 2 is 1.78 bits per heavy atom. The lowest BCUT2D eigenvalue weighted by atomic mass is 9.79. The number of carbonyl (C=O) groups excluding carboxylic acids is 1. The van der Waals surface area contributed by atoms with Crippen LogP contribution in [0.1, 0.15) is 76.6 Å². The number of nitrogens with zero attached hydrogens (tertiary/aromatic N) is 1. The molecule has 196 valence electrons. The lowest BCUT2D eigenvalue weighted by Gasteiger charge is -2.26. The van der Waals surface area contributed by atoms with Gasteiger partial charge in [-0.2, -0.15) is 5.10 Å². The van der Waals surface area contributed by atoms with Crippen LogP contribution in [-0.4, -0.2) is 16.0 Å². The molecule has 0 bridgehead atoms. The van der Waals surface area contributed by atoms with Gasteiger partial charge in [-0.25, -0.2) is 4.39 Å². The van der Waals surface area contributed by atoms with Gasteiger partial charge in [-0.05, 0) is 97.9 Å². The second-order valence-corrected chi connectivity index (χ2v) is 10.5. The number of ketones is 1. The molecule has 1 heterocycles. The number of hydrogen-bond acceptors (Lipinski definition) is 2. The highest BCUT2D eigenvalue weighted by atomic mass is 35.5. The first-order chi connectivity index (χ1) is 17.2. The number of hydrogen-bond donors (Lipinski definition) is 1. The van der Waals surface area contributed by atoms with Crippen molar-refractivity contribution in [3.63, 3.8) is 0 Å². The minimum absolute atomic E-state index is 0.256. The molecule has 1 aliphatic carbocycles. The fourth-order valence-corrected chi connectivity index (χ4v) is 4.63. The van der Waals surface area contributed by atoms with Gasteiger partial charge >= 0.3 is 0 Å². The van der Waals surface area contributed by atoms with Gasteiger partial charge in [0.1, 0.15) is 11.6 Å². The van der Waals surface area contributed by atoms with Crippen molar-refractivity contribution in [2.24, 2.45) is 11.8 Å². The third-order valence-electron chi connectivity index (χ3n) is 6.84. The Labute approximate surface area is 225 Å². The van der Waals surface area contributed by atoms with Gasteiger partial charge in [-0.3, -0.25) is 5.10 Å². The number of aromatic nitrogens is 2. The number of unbranched alkanes of at least 4 members (excludes halogenated alkanes) is 1. The zero-order valence-electron chi connectivity index (χ0n) is 22.1. The molecular formula is C30H39Cl2FN2O. The van der Waals surface area contributed by atoms with E-state index in [2.05, 4.69) is 31.0 Å². The number of fused-ring (bicyclic) bond motifs is 1. The van der Waals surface area contributed by atoms with Crippen LogP contribution in [0.2, 0.25) is 10.0 Å². The Hall–Kier alpha value is -2.17. The number of H-pyrrole nitrogens is 1. The molecule has 0 spiro atoms. The summed E-state index contributed by atoms with van der Waals surface area (Å²) in [6.45, 7) is 10.2. The Morgan fingerprint density at radius 1 is 1.14 bits per heavy atom. The number of aromatic amines is 1. The summed E-state index contributed by atoms with van der Waals surface area (Å²) in [6.07, 6.45) is 10.0. The molecule has 1 N–H and O–H groups in total. The molecule has 0 saturated heterocycles. The second-order valence-electron chi connectivity index (χ2n) is 9.64. The molecule has 6 heteroatoms. The number of aryl methyl sites for hydroxylation is 1. The van der Waals surface area contributed by atoms with Crippen molar-refractivity contribution in [3.8, 4) is 11.1 Å². The third-order valence-corrected chi connectivity index (χ3v) is 7.63. The molecule has 1 aromatic heterocycles. The van der Waals surface area contributed by atoms with E-state index in [-0.39, 0.29) is 5.82 Å². The summed E-state index contributed by atoms with van der Waals surface area (Å²) in [6, 6.07) is 9.89. The summed E-state index contributed by atoms with van der Waals surface area (Å²) in [5, 5.41) is 8.42. The van der Waals surface area contributed by atoms with E-state index in [1.165, 1.54) is 49.1 Å². The predicted molar refractivity (Wildman–Crippen MR) is 150 cm³/mol. The highest BCUT2D eigenvalue weighted by molar-refractivity contribution is 6.36. The Morgan fingerprint density at radius 3 is 2.31 bits per heavy atom. The number of benzene rings is 2. The van der Waals surface area contributed by atoms with E-state index in [0.717, 1.165) is 47.8 Å². The monoisotopic (exact) mass is 532 g/mol. The van der Waals surface area contributed by atoms with Crippen LogP contribution in [0.15, 0.2) is 42.6 Å². The van der Waals surface area contributed by atoms with Crippen LogP contribution >= 0.6 is 23.2 Å². The van der Waals surface area contributed by atoms with Gasteiger partial charge in [0.15, 0.2) is 0 Å². The molecule has 2 atom stereocenters. The quantitative estimate of drug-likeness (QED) is 0.343. The maximum atomic E-state index is 12.8. The molecule has 0 radical (unpaired) electrons. The van der Waals surface area contributed by atoms with Gasteiger partial charge in [0.05, 0.1) is 6.20 Å². The minimum Gasteiger partial charge on any atom is -0.300 e. The number of rotatable bonds is 6. The van der Waals surface area contributed by atoms with Crippen molar-refractivity contribution in [3.05, 3.63) is 75.3 Å². The second kappa shape index (κ2) is 15.2. The average molecular weight is 534 g/mol. The zero-order chi connectivity index (χ0) is 26.7. The summed E-state index contributed by atoms with van der Waals surface area (Å²) in [7, 11) is 0. The number of carbonyl (C=O) groups is 1. The molecule has 36 heavy (non-hydrogen) atoms. The van der Waals surface area contributed by atoms with Crippen LogP contribution in [-0.2, 0) is 17.6 Å². The highest BCUT2D eigenvalue weighted by Gasteiger charge is 2.23. The zero-order valence-corrected chi connectivity index (χ0v) is 23.6. The van der Waals surface area contributed by atoms with Gasteiger partial charge in [-0.1, -0.05) is 68.9 Å². The summed E-state index contributed by atoms with van der Waals surface area (Å²) in [5.41, 5.74) is 5.47. The Bertz CT molecular complexity index is 1070. The van der Waals surface area contributed by atoms with E-state index in [0.29, 0.717) is 15.8 Å². The molecule has 0 fully saturated rings. The Balaban J connectivity index is 0.000000205. The Kier molecular flexibility index (Phi) is 12.7. The fourth-order valence-electron chi connectivity index (χ4n) is 4.14. The van der Waals surface area contributed by atoms with E-state index in [1.54, 1.807) is 19.1 Å². The van der Waals surface area contributed by atoms with Gasteiger partial charge < -0.3 is 4.79 Å². The number of nitrogens with one attached hydrogen (secondary N) is 1. The topological polar surface area (TPSA) is 45.8 Å². The maximum Gasteiger partial charge on any atom is 0.129 e. The number of halogens is 3. The van der Waals surface area contributed by atoms with E-state index >= 15 is 0 Å². The maximum absolute atomic E-state index is 12.8. The van der Waals surface area contributed by atoms with Crippen LogP contribution in [0.25, 0.3) is 11.1 Å². The summed E-state index contributed by atoms with van der Waals surface area (Å²) < 4.78 is 12.8. The largest absolute Gasteiger partial charge is 0.300 e. The van der Waals surface area contributed by atoms with Crippen LogP contribution in [0.5, 0.6) is 0 Å². The third kappa shape index (κ3) is 9.37. The first-order valence-corrected chi connectivity index (χ1v) is 13.6. The molecule has 0 aliphatic heterocycles. The van der Waals surface area contributed by atoms with Crippen LogP contribution in [0.4, 0.5) is 4.39 Å². The SMILES string of the molecule is CCC(C)C1CCc2[nH]ncc2C1.CCCCC(C)=O.Cc1c(Cl)cc(-c2ccc(F)cc2)cc1Cl. The predicted octanol–water partition coefficient (Wildman–Crippen LogP) is 9.43. The molecule has 1 aliphatic rings. The lowest BCUT2D eigenvalue weighted by molar-refractivity contribution is -0.117. The molecule has 2 unspecified atom stereocenters. The molecule has 0 amide bonds. The average Bonchev–Trinajstić information content (AvgIpc) is 3.34. The van der Waals surface area contributed by atoms with Crippen molar-refractivity contribution in [1.82, 2.24) is 10.2 Å². The summed E-state index contributed by atoms with van der Waals surface area (Å²) in [4.78, 5) is 10.2. The van der Waals surface area contributed by atoms with E-state index in [1.807, 2.05) is 25.3 Å². The first-order valence-electron chi connectivity index (χ1n) is 12.9. The van der Waals surface area contributed by atoms with Crippen LogP contribution < -0.4 is 0 Å².